The first-order valence-electron chi connectivity index (χ1n) is 13.2. The zero-order valence-electron chi connectivity index (χ0n) is 21.6. The monoisotopic (exact) mass is 522 g/mol. The lowest BCUT2D eigenvalue weighted by atomic mass is 10.1. The van der Waals surface area contributed by atoms with Gasteiger partial charge in [0.2, 0.25) is 11.7 Å². The number of carbonyl (C=O) groups excluding carboxylic acids is 1. The summed E-state index contributed by atoms with van der Waals surface area (Å²) in [6, 6.07) is 19.5. The molecule has 0 amide bonds. The van der Waals surface area contributed by atoms with Crippen molar-refractivity contribution in [3.05, 3.63) is 106 Å². The summed E-state index contributed by atoms with van der Waals surface area (Å²) in [5.74, 6) is 1.50. The highest BCUT2D eigenvalue weighted by Gasteiger charge is 2.27. The number of aryl methyl sites for hydroxylation is 1. The van der Waals surface area contributed by atoms with Crippen LogP contribution in [0.2, 0.25) is 0 Å². The SMILES string of the molecule is CC(=O)CCCCc1nc2cc(-c3noc(C4Cc5ccccc5C4)n3)ccc2c(=O)n1-c1ccc(F)cc1. The van der Waals surface area contributed by atoms with Gasteiger partial charge in [0.05, 0.1) is 16.6 Å². The number of Topliss-reactive ketones (excluding diaryl/α,β-unsaturated/α-hetero) is 1. The number of rotatable bonds is 8. The van der Waals surface area contributed by atoms with Gasteiger partial charge in [0.15, 0.2) is 0 Å². The van der Waals surface area contributed by atoms with E-state index < -0.39 is 0 Å². The van der Waals surface area contributed by atoms with Gasteiger partial charge < -0.3 is 9.32 Å². The molecule has 6 rings (SSSR count). The van der Waals surface area contributed by atoms with Crippen LogP contribution in [0.4, 0.5) is 4.39 Å². The number of hydrogen-bond donors (Lipinski definition) is 0. The lowest BCUT2D eigenvalue weighted by molar-refractivity contribution is -0.117. The van der Waals surface area contributed by atoms with Crippen molar-refractivity contribution in [2.24, 2.45) is 0 Å². The highest BCUT2D eigenvalue weighted by molar-refractivity contribution is 5.82. The second kappa shape index (κ2) is 10.4. The summed E-state index contributed by atoms with van der Waals surface area (Å²) < 4.78 is 20.8. The van der Waals surface area contributed by atoms with Crippen LogP contribution < -0.4 is 5.56 Å². The summed E-state index contributed by atoms with van der Waals surface area (Å²) in [5.41, 5.74) is 4.16. The number of hydrogen-bond acceptors (Lipinski definition) is 6. The van der Waals surface area contributed by atoms with Crippen LogP contribution in [0.5, 0.6) is 0 Å². The Morgan fingerprint density at radius 1 is 1.00 bits per heavy atom. The quantitative estimate of drug-likeness (QED) is 0.241. The Morgan fingerprint density at radius 3 is 2.46 bits per heavy atom. The summed E-state index contributed by atoms with van der Waals surface area (Å²) in [4.78, 5) is 34.6. The molecule has 8 heteroatoms. The first-order chi connectivity index (χ1) is 19.0. The van der Waals surface area contributed by atoms with E-state index in [1.54, 1.807) is 31.2 Å². The van der Waals surface area contributed by atoms with Crippen LogP contribution in [0.3, 0.4) is 0 Å². The fourth-order valence-electron chi connectivity index (χ4n) is 5.30. The van der Waals surface area contributed by atoms with E-state index in [4.69, 9.17) is 14.5 Å². The highest BCUT2D eigenvalue weighted by atomic mass is 19.1. The largest absolute Gasteiger partial charge is 0.339 e. The van der Waals surface area contributed by atoms with Gasteiger partial charge in [-0.25, -0.2) is 9.37 Å². The van der Waals surface area contributed by atoms with Crippen LogP contribution in [-0.4, -0.2) is 25.5 Å². The fraction of sp³-hybridized carbons (Fsp3) is 0.258. The maximum atomic E-state index is 13.6. The van der Waals surface area contributed by atoms with Crippen molar-refractivity contribution in [2.75, 3.05) is 0 Å². The van der Waals surface area contributed by atoms with E-state index in [9.17, 15) is 14.0 Å². The first-order valence-corrected chi connectivity index (χ1v) is 13.2. The molecule has 0 N–H and O–H groups in total. The molecule has 2 heterocycles. The van der Waals surface area contributed by atoms with Crippen LogP contribution in [0.25, 0.3) is 28.0 Å². The van der Waals surface area contributed by atoms with Crippen LogP contribution >= 0.6 is 0 Å². The van der Waals surface area contributed by atoms with Crippen molar-refractivity contribution in [1.29, 1.82) is 0 Å². The standard InChI is InChI=1S/C31H27FN4O3/c1-19(37)6-2-5-9-28-33-27-18-22(10-15-26(27)31(38)36(28)25-13-11-24(32)12-14-25)29-34-30(39-35-29)23-16-20-7-3-4-8-21(20)17-23/h3-4,7-8,10-15,18,23H,2,5-6,9,16-17H2,1H3. The molecule has 3 aromatic carbocycles. The summed E-state index contributed by atoms with van der Waals surface area (Å²) in [6.45, 7) is 1.57. The third-order valence-corrected chi connectivity index (χ3v) is 7.30. The van der Waals surface area contributed by atoms with Crippen molar-refractivity contribution in [1.82, 2.24) is 19.7 Å². The van der Waals surface area contributed by atoms with Crippen molar-refractivity contribution in [3.63, 3.8) is 0 Å². The number of aromatic nitrogens is 4. The molecule has 0 atom stereocenters. The van der Waals surface area contributed by atoms with Crippen molar-refractivity contribution in [2.45, 2.75) is 51.4 Å². The molecule has 39 heavy (non-hydrogen) atoms. The smallest absolute Gasteiger partial charge is 0.265 e. The molecule has 0 saturated carbocycles. The Morgan fingerprint density at radius 2 is 1.74 bits per heavy atom. The van der Waals surface area contributed by atoms with Gasteiger partial charge in [-0.15, -0.1) is 0 Å². The Hall–Kier alpha value is -4.46. The van der Waals surface area contributed by atoms with Gasteiger partial charge in [-0.1, -0.05) is 35.5 Å². The van der Waals surface area contributed by atoms with E-state index in [0.29, 0.717) is 65.4 Å². The molecule has 2 aromatic heterocycles. The number of halogens is 1. The highest BCUT2D eigenvalue weighted by Crippen LogP contribution is 2.34. The van der Waals surface area contributed by atoms with Crippen LogP contribution in [0.1, 0.15) is 54.9 Å². The molecule has 1 aliphatic rings. The first kappa shape index (κ1) is 24.9. The van der Waals surface area contributed by atoms with E-state index in [1.165, 1.54) is 27.8 Å². The van der Waals surface area contributed by atoms with Crippen molar-refractivity contribution >= 4 is 16.7 Å². The minimum Gasteiger partial charge on any atom is -0.339 e. The Kier molecular flexibility index (Phi) is 6.60. The summed E-state index contributed by atoms with van der Waals surface area (Å²) in [5, 5.41) is 4.67. The predicted octanol–water partition coefficient (Wildman–Crippen LogP) is 5.76. The maximum absolute atomic E-state index is 13.6. The molecule has 196 valence electrons. The number of benzene rings is 3. The van der Waals surface area contributed by atoms with Crippen LogP contribution in [0, 0.1) is 5.82 Å². The van der Waals surface area contributed by atoms with Gasteiger partial charge in [0.25, 0.3) is 5.56 Å². The minimum absolute atomic E-state index is 0.128. The van der Waals surface area contributed by atoms with Gasteiger partial charge in [-0.05, 0) is 80.1 Å². The average Bonchev–Trinajstić information content (AvgIpc) is 3.59. The molecule has 0 spiro atoms. The molecule has 0 unspecified atom stereocenters. The zero-order valence-corrected chi connectivity index (χ0v) is 21.6. The van der Waals surface area contributed by atoms with E-state index in [2.05, 4.69) is 17.3 Å². The Bertz CT molecular complexity index is 1710. The second-order valence-corrected chi connectivity index (χ2v) is 10.1. The zero-order chi connectivity index (χ0) is 26.9. The Balaban J connectivity index is 1.34. The van der Waals surface area contributed by atoms with Gasteiger partial charge in [-0.3, -0.25) is 9.36 Å². The van der Waals surface area contributed by atoms with E-state index in [1.807, 2.05) is 18.2 Å². The summed E-state index contributed by atoms with van der Waals surface area (Å²) >= 11 is 0. The van der Waals surface area contributed by atoms with Crippen LogP contribution in [0.15, 0.2) is 76.0 Å². The van der Waals surface area contributed by atoms with Crippen molar-refractivity contribution < 1.29 is 13.7 Å². The van der Waals surface area contributed by atoms with Gasteiger partial charge in [0.1, 0.15) is 17.4 Å². The second-order valence-electron chi connectivity index (χ2n) is 10.1. The van der Waals surface area contributed by atoms with Gasteiger partial charge in [-0.2, -0.15) is 4.98 Å². The molecule has 7 nitrogen and oxygen atoms in total. The number of ketones is 1. The van der Waals surface area contributed by atoms with Crippen molar-refractivity contribution in [3.8, 4) is 17.1 Å². The van der Waals surface area contributed by atoms with E-state index in [-0.39, 0.29) is 23.1 Å². The molecule has 5 aromatic rings. The lowest BCUT2D eigenvalue weighted by Gasteiger charge is -2.14. The number of carbonyl (C=O) groups is 1. The fourth-order valence-corrected chi connectivity index (χ4v) is 5.30. The average molecular weight is 523 g/mol. The third kappa shape index (κ3) is 5.02. The molecule has 0 radical (unpaired) electrons. The Labute approximate surface area is 224 Å². The molecule has 0 fully saturated rings. The number of fused-ring (bicyclic) bond motifs is 2. The summed E-state index contributed by atoms with van der Waals surface area (Å²) in [7, 11) is 0. The normalized spacial score (nSPS) is 13.2. The van der Waals surface area contributed by atoms with E-state index >= 15 is 0 Å². The molecule has 1 aliphatic carbocycles. The molecular formula is C31H27FN4O3. The predicted molar refractivity (Wildman–Crippen MR) is 145 cm³/mol. The summed E-state index contributed by atoms with van der Waals surface area (Å²) in [6.07, 6.45) is 4.10. The number of unbranched alkanes of at least 4 members (excludes halogenated alkanes) is 1. The van der Waals surface area contributed by atoms with Crippen LogP contribution in [-0.2, 0) is 24.1 Å². The minimum atomic E-state index is -0.380. The maximum Gasteiger partial charge on any atom is 0.265 e. The molecule has 0 bridgehead atoms. The molecular weight excluding hydrogens is 495 g/mol. The molecule has 0 saturated heterocycles. The third-order valence-electron chi connectivity index (χ3n) is 7.30. The topological polar surface area (TPSA) is 90.9 Å². The van der Waals surface area contributed by atoms with Gasteiger partial charge in [0, 0.05) is 24.3 Å². The molecule has 0 aliphatic heterocycles. The lowest BCUT2D eigenvalue weighted by Crippen LogP contribution is -2.24. The van der Waals surface area contributed by atoms with E-state index in [0.717, 1.165) is 12.8 Å². The number of nitrogens with zero attached hydrogens (tertiary/aromatic N) is 4. The van der Waals surface area contributed by atoms with Gasteiger partial charge >= 0.3 is 0 Å².